The lowest BCUT2D eigenvalue weighted by molar-refractivity contribution is 0.0796. The van der Waals surface area contributed by atoms with Crippen LogP contribution in [0.1, 0.15) is 37.5 Å². The van der Waals surface area contributed by atoms with Crippen LogP contribution >= 0.6 is 0 Å². The molecular weight excluding hydrogens is 364 g/mol. The van der Waals surface area contributed by atoms with E-state index in [0.717, 1.165) is 23.1 Å². The molecule has 0 spiro atoms. The summed E-state index contributed by atoms with van der Waals surface area (Å²) >= 11 is 0. The van der Waals surface area contributed by atoms with Crippen LogP contribution < -0.4 is 5.32 Å². The Labute approximate surface area is 170 Å². The molecule has 6 heteroatoms. The van der Waals surface area contributed by atoms with Crippen LogP contribution in [-0.4, -0.2) is 40.3 Å². The summed E-state index contributed by atoms with van der Waals surface area (Å²) in [5, 5.41) is 2.85. The normalized spacial score (nSPS) is 10.4. The number of aromatic nitrogens is 2. The summed E-state index contributed by atoms with van der Waals surface area (Å²) in [7, 11) is 1.75. The first-order valence-electron chi connectivity index (χ1n) is 9.42. The average molecular weight is 388 g/mol. The molecule has 0 aliphatic rings. The number of nitrogens with zero attached hydrogens (tertiary/aromatic N) is 3. The van der Waals surface area contributed by atoms with E-state index in [2.05, 4.69) is 15.3 Å². The van der Waals surface area contributed by atoms with Gasteiger partial charge in [-0.05, 0) is 73.4 Å². The number of amides is 2. The monoisotopic (exact) mass is 388 g/mol. The molecule has 0 bridgehead atoms. The Morgan fingerprint density at radius 2 is 1.66 bits per heavy atom. The highest BCUT2D eigenvalue weighted by Gasteiger charge is 2.15. The van der Waals surface area contributed by atoms with E-state index in [1.165, 1.54) is 12.3 Å². The number of anilines is 1. The highest BCUT2D eigenvalue weighted by atomic mass is 16.2. The summed E-state index contributed by atoms with van der Waals surface area (Å²) in [6.07, 6.45) is 5.69. The zero-order chi connectivity index (χ0) is 20.8. The summed E-state index contributed by atoms with van der Waals surface area (Å²) < 4.78 is 0. The van der Waals surface area contributed by atoms with Crippen molar-refractivity contribution < 1.29 is 9.59 Å². The van der Waals surface area contributed by atoms with Gasteiger partial charge in [-0.25, -0.2) is 0 Å². The van der Waals surface area contributed by atoms with Crippen molar-refractivity contribution in [2.75, 3.05) is 18.9 Å². The fourth-order valence-electron chi connectivity index (χ4n) is 3.10. The molecule has 0 radical (unpaired) electrons. The molecule has 1 N–H and O–H groups in total. The molecule has 0 aliphatic heterocycles. The second-order valence-corrected chi connectivity index (χ2v) is 7.09. The van der Waals surface area contributed by atoms with Crippen molar-refractivity contribution in [1.82, 2.24) is 14.9 Å². The number of hydrogen-bond acceptors (Lipinski definition) is 4. The lowest BCUT2D eigenvalue weighted by atomic mass is 10.1. The highest BCUT2D eigenvalue weighted by molar-refractivity contribution is 6.04. The van der Waals surface area contributed by atoms with E-state index in [-0.39, 0.29) is 17.5 Å². The number of benzene rings is 1. The van der Waals surface area contributed by atoms with Crippen molar-refractivity contribution in [2.45, 2.75) is 20.3 Å². The maximum Gasteiger partial charge on any atom is 0.274 e. The number of carbonyl (C=O) groups is 2. The van der Waals surface area contributed by atoms with Crippen molar-refractivity contribution in [2.24, 2.45) is 0 Å². The molecule has 1 aromatic carbocycles. The summed E-state index contributed by atoms with van der Waals surface area (Å²) in [4.78, 5) is 35.1. The Kier molecular flexibility index (Phi) is 6.34. The van der Waals surface area contributed by atoms with Crippen molar-refractivity contribution in [3.05, 3.63) is 89.0 Å². The van der Waals surface area contributed by atoms with E-state index in [0.29, 0.717) is 17.8 Å². The van der Waals surface area contributed by atoms with Gasteiger partial charge in [0.2, 0.25) is 0 Å². The minimum Gasteiger partial charge on any atom is -0.341 e. The Morgan fingerprint density at radius 3 is 2.34 bits per heavy atom. The van der Waals surface area contributed by atoms with Crippen LogP contribution in [0.4, 0.5) is 5.69 Å². The number of pyridine rings is 2. The molecule has 0 aliphatic carbocycles. The van der Waals surface area contributed by atoms with Gasteiger partial charge in [0.1, 0.15) is 5.69 Å². The van der Waals surface area contributed by atoms with Crippen molar-refractivity contribution in [1.29, 1.82) is 0 Å². The van der Waals surface area contributed by atoms with E-state index in [9.17, 15) is 9.59 Å². The number of hydrogen-bond donors (Lipinski definition) is 1. The third kappa shape index (κ3) is 5.48. The van der Waals surface area contributed by atoms with Gasteiger partial charge in [-0.1, -0.05) is 6.07 Å². The molecule has 0 fully saturated rings. The van der Waals surface area contributed by atoms with E-state index in [4.69, 9.17) is 0 Å². The average Bonchev–Trinajstić information content (AvgIpc) is 2.71. The molecule has 3 aromatic rings. The molecule has 0 saturated carbocycles. The lowest BCUT2D eigenvalue weighted by Gasteiger charge is -2.17. The zero-order valence-electron chi connectivity index (χ0n) is 16.8. The van der Waals surface area contributed by atoms with Gasteiger partial charge in [-0.15, -0.1) is 0 Å². The smallest absolute Gasteiger partial charge is 0.274 e. The first-order valence-corrected chi connectivity index (χ1v) is 9.42. The molecule has 148 valence electrons. The van der Waals surface area contributed by atoms with E-state index in [1.807, 2.05) is 44.2 Å². The van der Waals surface area contributed by atoms with Crippen LogP contribution in [0, 0.1) is 13.8 Å². The van der Waals surface area contributed by atoms with Crippen LogP contribution in [0.5, 0.6) is 0 Å². The van der Waals surface area contributed by atoms with Gasteiger partial charge < -0.3 is 10.2 Å². The van der Waals surface area contributed by atoms with Gasteiger partial charge in [0.05, 0.1) is 0 Å². The van der Waals surface area contributed by atoms with Crippen molar-refractivity contribution in [3.63, 3.8) is 0 Å². The second kappa shape index (κ2) is 9.10. The Hall–Kier alpha value is -3.54. The molecule has 0 saturated heterocycles. The number of nitrogens with one attached hydrogen (secondary N) is 1. The van der Waals surface area contributed by atoms with Crippen LogP contribution in [0.25, 0.3) is 0 Å². The molecule has 0 atom stereocenters. The molecule has 29 heavy (non-hydrogen) atoms. The summed E-state index contributed by atoms with van der Waals surface area (Å²) in [5.74, 6) is -0.494. The molecule has 6 nitrogen and oxygen atoms in total. The Balaban J connectivity index is 1.67. The third-order valence-corrected chi connectivity index (χ3v) is 4.55. The van der Waals surface area contributed by atoms with Gasteiger partial charge in [0.25, 0.3) is 11.8 Å². The predicted molar refractivity (Wildman–Crippen MR) is 113 cm³/mol. The van der Waals surface area contributed by atoms with Gasteiger partial charge in [-0.3, -0.25) is 19.6 Å². The Bertz CT molecular complexity index is 998. The standard InChI is InChI=1S/C23H24N4O2/c1-16-12-17(2)14-20(13-16)26-22(28)21-15-19(6-10-25-21)23(29)27(3)11-7-18-4-8-24-9-5-18/h4-6,8-10,12-15H,7,11H2,1-3H3,(H,26,28). The van der Waals surface area contributed by atoms with Crippen molar-refractivity contribution in [3.8, 4) is 0 Å². The second-order valence-electron chi connectivity index (χ2n) is 7.09. The maximum absolute atomic E-state index is 12.7. The minimum absolute atomic E-state index is 0.151. The van der Waals surface area contributed by atoms with E-state index < -0.39 is 0 Å². The SMILES string of the molecule is Cc1cc(C)cc(NC(=O)c2cc(C(=O)N(C)CCc3ccncc3)ccn2)c1. The van der Waals surface area contributed by atoms with E-state index in [1.54, 1.807) is 30.4 Å². The van der Waals surface area contributed by atoms with Crippen LogP contribution in [0.15, 0.2) is 61.1 Å². The number of carbonyl (C=O) groups excluding carboxylic acids is 2. The molecule has 0 unspecified atom stereocenters. The summed E-state index contributed by atoms with van der Waals surface area (Å²) in [6, 6.07) is 12.8. The largest absolute Gasteiger partial charge is 0.341 e. The number of rotatable bonds is 6. The number of aryl methyl sites for hydroxylation is 2. The highest BCUT2D eigenvalue weighted by Crippen LogP contribution is 2.15. The summed E-state index contributed by atoms with van der Waals surface area (Å²) in [5.41, 5.74) is 4.59. The molecular formula is C23H24N4O2. The summed E-state index contributed by atoms with van der Waals surface area (Å²) in [6.45, 7) is 4.51. The molecule has 2 heterocycles. The zero-order valence-corrected chi connectivity index (χ0v) is 16.8. The minimum atomic E-state index is -0.343. The van der Waals surface area contributed by atoms with Crippen LogP contribution in [0.3, 0.4) is 0 Å². The molecule has 2 amide bonds. The fourth-order valence-corrected chi connectivity index (χ4v) is 3.10. The molecule has 3 rings (SSSR count). The number of likely N-dealkylation sites (N-methyl/N-ethyl adjacent to an activating group) is 1. The first-order chi connectivity index (χ1) is 13.9. The van der Waals surface area contributed by atoms with E-state index >= 15 is 0 Å². The third-order valence-electron chi connectivity index (χ3n) is 4.55. The lowest BCUT2D eigenvalue weighted by Crippen LogP contribution is -2.29. The Morgan fingerprint density at radius 1 is 0.966 bits per heavy atom. The maximum atomic E-state index is 12.7. The molecule has 2 aromatic heterocycles. The topological polar surface area (TPSA) is 75.2 Å². The van der Waals surface area contributed by atoms with Crippen LogP contribution in [-0.2, 0) is 6.42 Å². The fraction of sp³-hybridized carbons (Fsp3) is 0.217. The van der Waals surface area contributed by atoms with Crippen molar-refractivity contribution >= 4 is 17.5 Å². The first kappa shape index (κ1) is 20.2. The van der Waals surface area contributed by atoms with Gasteiger partial charge in [0.15, 0.2) is 0 Å². The quantitative estimate of drug-likeness (QED) is 0.699. The van der Waals surface area contributed by atoms with Crippen LogP contribution in [0.2, 0.25) is 0 Å². The van der Waals surface area contributed by atoms with Gasteiger partial charge in [0, 0.05) is 43.4 Å². The predicted octanol–water partition coefficient (Wildman–Crippen LogP) is 3.66. The van der Waals surface area contributed by atoms with Gasteiger partial charge in [-0.2, -0.15) is 0 Å². The van der Waals surface area contributed by atoms with Gasteiger partial charge >= 0.3 is 0 Å².